The summed E-state index contributed by atoms with van der Waals surface area (Å²) in [6, 6.07) is 18.3. The molecule has 1 N–H and O–H groups in total. The number of nitrogens with zero attached hydrogens (tertiary/aromatic N) is 3. The van der Waals surface area contributed by atoms with E-state index >= 15 is 0 Å². The minimum absolute atomic E-state index is 0.369. The number of carbonyl (C=O) groups is 1. The van der Waals surface area contributed by atoms with E-state index in [2.05, 4.69) is 10.3 Å². The standard InChI is InChI=1S/C17H15N3O2/c21-17(22)16(11-13-7-3-1-4-8-13)20-12-15(18-19-20)14-9-5-2-6-10-14/h1-10,12,16H,11H2,(H,21,22)/t16-/m0/s1. The zero-order chi connectivity index (χ0) is 15.4. The van der Waals surface area contributed by atoms with E-state index in [1.807, 2.05) is 60.7 Å². The Balaban J connectivity index is 1.87. The van der Waals surface area contributed by atoms with Crippen LogP contribution >= 0.6 is 0 Å². The molecule has 0 spiro atoms. The van der Waals surface area contributed by atoms with Gasteiger partial charge >= 0.3 is 5.97 Å². The van der Waals surface area contributed by atoms with Crippen LogP contribution in [0.25, 0.3) is 11.3 Å². The summed E-state index contributed by atoms with van der Waals surface area (Å²) in [5, 5.41) is 17.6. The molecule has 0 bridgehead atoms. The number of carboxylic acid groups (broad SMARTS) is 1. The number of benzene rings is 2. The fourth-order valence-electron chi connectivity index (χ4n) is 2.30. The molecule has 0 aliphatic heterocycles. The highest BCUT2D eigenvalue weighted by Gasteiger charge is 2.22. The second-order valence-corrected chi connectivity index (χ2v) is 4.99. The van der Waals surface area contributed by atoms with Gasteiger partial charge in [0.25, 0.3) is 0 Å². The number of hydrogen-bond acceptors (Lipinski definition) is 3. The first kappa shape index (κ1) is 14.0. The van der Waals surface area contributed by atoms with E-state index in [0.717, 1.165) is 11.1 Å². The summed E-state index contributed by atoms with van der Waals surface area (Å²) in [6.07, 6.45) is 2.05. The van der Waals surface area contributed by atoms with E-state index in [1.54, 1.807) is 6.20 Å². The molecule has 0 amide bonds. The van der Waals surface area contributed by atoms with Crippen molar-refractivity contribution in [1.29, 1.82) is 0 Å². The van der Waals surface area contributed by atoms with Crippen LogP contribution < -0.4 is 0 Å². The molecule has 22 heavy (non-hydrogen) atoms. The van der Waals surface area contributed by atoms with Gasteiger partial charge in [0.05, 0.1) is 6.20 Å². The van der Waals surface area contributed by atoms with E-state index in [9.17, 15) is 9.90 Å². The maximum atomic E-state index is 11.6. The van der Waals surface area contributed by atoms with Gasteiger partial charge in [0.2, 0.25) is 0 Å². The summed E-state index contributed by atoms with van der Waals surface area (Å²) < 4.78 is 1.41. The second-order valence-electron chi connectivity index (χ2n) is 4.99. The molecule has 0 radical (unpaired) electrons. The van der Waals surface area contributed by atoms with Crippen LogP contribution in [0.5, 0.6) is 0 Å². The van der Waals surface area contributed by atoms with Gasteiger partial charge in [-0.05, 0) is 5.56 Å². The van der Waals surface area contributed by atoms with Crippen LogP contribution in [0.1, 0.15) is 11.6 Å². The molecule has 5 nitrogen and oxygen atoms in total. The minimum Gasteiger partial charge on any atom is -0.480 e. The molecule has 0 aliphatic rings. The Labute approximate surface area is 127 Å². The van der Waals surface area contributed by atoms with Gasteiger partial charge in [-0.1, -0.05) is 65.9 Å². The predicted molar refractivity (Wildman–Crippen MR) is 82.3 cm³/mol. The molecule has 110 valence electrons. The SMILES string of the molecule is O=C(O)[C@H](Cc1ccccc1)n1cc(-c2ccccc2)nn1. The number of hydrogen-bond donors (Lipinski definition) is 1. The summed E-state index contributed by atoms with van der Waals surface area (Å²) in [7, 11) is 0. The second kappa shape index (κ2) is 6.22. The lowest BCUT2D eigenvalue weighted by atomic mass is 10.1. The topological polar surface area (TPSA) is 68.0 Å². The molecule has 1 heterocycles. The first-order valence-electron chi connectivity index (χ1n) is 6.98. The van der Waals surface area contributed by atoms with Crippen LogP contribution in [0, 0.1) is 0 Å². The molecular formula is C17H15N3O2. The Morgan fingerprint density at radius 3 is 2.32 bits per heavy atom. The van der Waals surface area contributed by atoms with Crippen molar-refractivity contribution in [2.24, 2.45) is 0 Å². The highest BCUT2D eigenvalue weighted by molar-refractivity contribution is 5.72. The van der Waals surface area contributed by atoms with Gasteiger partial charge in [-0.25, -0.2) is 9.48 Å². The van der Waals surface area contributed by atoms with E-state index in [0.29, 0.717) is 12.1 Å². The molecule has 0 aliphatic carbocycles. The van der Waals surface area contributed by atoms with Crippen molar-refractivity contribution in [2.75, 3.05) is 0 Å². The van der Waals surface area contributed by atoms with Gasteiger partial charge in [-0.3, -0.25) is 0 Å². The average molecular weight is 293 g/mol. The molecule has 0 saturated heterocycles. The lowest BCUT2D eigenvalue weighted by Crippen LogP contribution is -2.22. The fourth-order valence-corrected chi connectivity index (χ4v) is 2.30. The van der Waals surface area contributed by atoms with Gasteiger partial charge < -0.3 is 5.11 Å². The molecule has 3 aromatic rings. The third kappa shape index (κ3) is 3.03. The van der Waals surface area contributed by atoms with Crippen LogP contribution in [0.2, 0.25) is 0 Å². The zero-order valence-electron chi connectivity index (χ0n) is 11.8. The summed E-state index contributed by atoms with van der Waals surface area (Å²) in [4.78, 5) is 11.6. The maximum Gasteiger partial charge on any atom is 0.328 e. The maximum absolute atomic E-state index is 11.6. The highest BCUT2D eigenvalue weighted by Crippen LogP contribution is 2.19. The molecule has 0 fully saturated rings. The van der Waals surface area contributed by atoms with Crippen molar-refractivity contribution in [3.8, 4) is 11.3 Å². The molecular weight excluding hydrogens is 278 g/mol. The first-order chi connectivity index (χ1) is 10.7. The average Bonchev–Trinajstić information content (AvgIpc) is 3.04. The van der Waals surface area contributed by atoms with Crippen LogP contribution in [-0.2, 0) is 11.2 Å². The van der Waals surface area contributed by atoms with Crippen molar-refractivity contribution in [3.05, 3.63) is 72.4 Å². The molecule has 1 atom stereocenters. The largest absolute Gasteiger partial charge is 0.480 e. The molecule has 0 saturated carbocycles. The van der Waals surface area contributed by atoms with Gasteiger partial charge in [-0.2, -0.15) is 0 Å². The lowest BCUT2D eigenvalue weighted by Gasteiger charge is -2.11. The molecule has 1 aromatic heterocycles. The number of aliphatic carboxylic acids is 1. The van der Waals surface area contributed by atoms with Crippen molar-refractivity contribution < 1.29 is 9.90 Å². The third-order valence-corrected chi connectivity index (χ3v) is 3.46. The van der Waals surface area contributed by atoms with Crippen LogP contribution in [0.4, 0.5) is 0 Å². The fraction of sp³-hybridized carbons (Fsp3) is 0.118. The first-order valence-corrected chi connectivity index (χ1v) is 6.98. The van der Waals surface area contributed by atoms with E-state index < -0.39 is 12.0 Å². The predicted octanol–water partition coefficient (Wildman–Crippen LogP) is 2.81. The van der Waals surface area contributed by atoms with Gasteiger partial charge in [0, 0.05) is 12.0 Å². The molecule has 5 heteroatoms. The summed E-state index contributed by atoms with van der Waals surface area (Å²) >= 11 is 0. The summed E-state index contributed by atoms with van der Waals surface area (Å²) in [5.74, 6) is -0.923. The quantitative estimate of drug-likeness (QED) is 0.785. The lowest BCUT2D eigenvalue weighted by molar-refractivity contribution is -0.141. The minimum atomic E-state index is -0.923. The van der Waals surface area contributed by atoms with Gasteiger partial charge in [-0.15, -0.1) is 5.10 Å². The highest BCUT2D eigenvalue weighted by atomic mass is 16.4. The number of aromatic nitrogens is 3. The normalized spacial score (nSPS) is 12.0. The molecule has 2 aromatic carbocycles. The summed E-state index contributed by atoms with van der Waals surface area (Å²) in [6.45, 7) is 0. The monoisotopic (exact) mass is 293 g/mol. The van der Waals surface area contributed by atoms with E-state index in [1.165, 1.54) is 4.68 Å². The van der Waals surface area contributed by atoms with E-state index in [-0.39, 0.29) is 0 Å². The van der Waals surface area contributed by atoms with Crippen LogP contribution in [0.15, 0.2) is 66.9 Å². The molecule has 0 unspecified atom stereocenters. The van der Waals surface area contributed by atoms with Crippen LogP contribution in [-0.4, -0.2) is 26.1 Å². The van der Waals surface area contributed by atoms with Gasteiger partial charge in [0.1, 0.15) is 5.69 Å². The van der Waals surface area contributed by atoms with E-state index in [4.69, 9.17) is 0 Å². The Kier molecular flexibility index (Phi) is 3.96. The smallest absolute Gasteiger partial charge is 0.328 e. The third-order valence-electron chi connectivity index (χ3n) is 3.46. The number of carboxylic acids is 1. The van der Waals surface area contributed by atoms with Crippen molar-refractivity contribution in [3.63, 3.8) is 0 Å². The van der Waals surface area contributed by atoms with Crippen molar-refractivity contribution in [2.45, 2.75) is 12.5 Å². The van der Waals surface area contributed by atoms with Gasteiger partial charge in [0.15, 0.2) is 6.04 Å². The zero-order valence-corrected chi connectivity index (χ0v) is 11.8. The Bertz CT molecular complexity index is 754. The Morgan fingerprint density at radius 1 is 1.05 bits per heavy atom. The molecule has 3 rings (SSSR count). The Morgan fingerprint density at radius 2 is 1.68 bits per heavy atom. The van der Waals surface area contributed by atoms with Crippen molar-refractivity contribution in [1.82, 2.24) is 15.0 Å². The van der Waals surface area contributed by atoms with Crippen LogP contribution in [0.3, 0.4) is 0 Å². The summed E-state index contributed by atoms with van der Waals surface area (Å²) in [5.41, 5.74) is 2.53. The number of rotatable bonds is 5. The van der Waals surface area contributed by atoms with Crippen molar-refractivity contribution >= 4 is 5.97 Å². The Hall–Kier alpha value is -2.95.